The van der Waals surface area contributed by atoms with Crippen molar-refractivity contribution >= 4 is 17.3 Å². The Hall–Kier alpha value is -3.26. The molecule has 0 amide bonds. The molecule has 2 aromatic rings. The van der Waals surface area contributed by atoms with Crippen molar-refractivity contribution in [3.8, 4) is 11.8 Å². The molecule has 0 atom stereocenters. The lowest BCUT2D eigenvalue weighted by atomic mass is 10.1. The lowest BCUT2D eigenvalue weighted by Crippen LogP contribution is -2.10. The molecular formula is C19H17N3O2. The van der Waals surface area contributed by atoms with Crippen LogP contribution in [0.25, 0.3) is 0 Å². The van der Waals surface area contributed by atoms with E-state index in [2.05, 4.69) is 22.9 Å². The van der Waals surface area contributed by atoms with Crippen LogP contribution in [0.2, 0.25) is 0 Å². The maximum Gasteiger partial charge on any atom is 0.338 e. The number of aryl methyl sites for hydroxylation is 2. The number of nitriles is 1. The van der Waals surface area contributed by atoms with Crippen LogP contribution in [0.3, 0.4) is 0 Å². The number of esters is 1. The number of ether oxygens (including phenoxy) is 1. The van der Waals surface area contributed by atoms with Crippen molar-refractivity contribution in [2.24, 2.45) is 10.2 Å². The molecule has 0 spiro atoms. The zero-order valence-corrected chi connectivity index (χ0v) is 13.8. The summed E-state index contributed by atoms with van der Waals surface area (Å²) in [5.74, 6) is 0.0397. The Morgan fingerprint density at radius 2 is 1.79 bits per heavy atom. The highest BCUT2D eigenvalue weighted by Gasteiger charge is 2.12. The summed E-state index contributed by atoms with van der Waals surface area (Å²) in [6, 6.07) is 12.6. The number of hydrogen-bond donors (Lipinski definition) is 0. The summed E-state index contributed by atoms with van der Waals surface area (Å²) in [6.07, 6.45) is 0. The molecule has 0 saturated carbocycles. The lowest BCUT2D eigenvalue weighted by molar-refractivity contribution is -0.130. The summed E-state index contributed by atoms with van der Waals surface area (Å²) >= 11 is 0. The number of hydrogen-bond acceptors (Lipinski definition) is 5. The van der Waals surface area contributed by atoms with Gasteiger partial charge in [0.05, 0.1) is 11.3 Å². The molecule has 0 aliphatic carbocycles. The third kappa shape index (κ3) is 3.93. The van der Waals surface area contributed by atoms with Crippen LogP contribution >= 0.6 is 0 Å². The number of azo groups is 1. The quantitative estimate of drug-likeness (QED) is 0.341. The molecule has 0 radical (unpaired) electrons. The van der Waals surface area contributed by atoms with Crippen LogP contribution in [-0.4, -0.2) is 5.97 Å². The fourth-order valence-corrected chi connectivity index (χ4v) is 2.09. The smallest absolute Gasteiger partial charge is 0.338 e. The van der Waals surface area contributed by atoms with Gasteiger partial charge < -0.3 is 4.74 Å². The molecule has 0 saturated heterocycles. The van der Waals surface area contributed by atoms with Crippen molar-refractivity contribution in [1.29, 1.82) is 5.26 Å². The van der Waals surface area contributed by atoms with Crippen molar-refractivity contribution in [2.45, 2.75) is 20.8 Å². The Kier molecular flexibility index (Phi) is 5.23. The minimum absolute atomic E-state index is 0.339. The first-order chi connectivity index (χ1) is 11.4. The Morgan fingerprint density at radius 1 is 1.17 bits per heavy atom. The predicted octanol–water partition coefficient (Wildman–Crippen LogP) is 5.07. The van der Waals surface area contributed by atoms with Gasteiger partial charge in [-0.3, -0.25) is 0 Å². The maximum atomic E-state index is 11.7. The highest BCUT2D eigenvalue weighted by molar-refractivity contribution is 5.89. The van der Waals surface area contributed by atoms with Crippen molar-refractivity contribution < 1.29 is 9.53 Å². The first-order valence-corrected chi connectivity index (χ1v) is 7.32. The van der Waals surface area contributed by atoms with E-state index in [4.69, 9.17) is 10.00 Å². The minimum atomic E-state index is -0.460. The van der Waals surface area contributed by atoms with E-state index < -0.39 is 5.97 Å². The molecule has 0 unspecified atom stereocenters. The highest BCUT2D eigenvalue weighted by Crippen LogP contribution is 2.30. The fourth-order valence-electron chi connectivity index (χ4n) is 2.09. The Bertz CT molecular complexity index is 853. The van der Waals surface area contributed by atoms with Gasteiger partial charge in [0.15, 0.2) is 0 Å². The van der Waals surface area contributed by atoms with Gasteiger partial charge in [-0.05, 0) is 56.2 Å². The molecule has 0 N–H and O–H groups in total. The molecular weight excluding hydrogens is 302 g/mol. The van der Waals surface area contributed by atoms with E-state index >= 15 is 0 Å². The molecule has 0 aromatic heterocycles. The monoisotopic (exact) mass is 319 g/mol. The van der Waals surface area contributed by atoms with Gasteiger partial charge in [-0.1, -0.05) is 18.7 Å². The summed E-state index contributed by atoms with van der Waals surface area (Å²) < 4.78 is 5.34. The van der Waals surface area contributed by atoms with Crippen LogP contribution in [0.5, 0.6) is 5.75 Å². The summed E-state index contributed by atoms with van der Waals surface area (Å²) in [5, 5.41) is 17.4. The summed E-state index contributed by atoms with van der Waals surface area (Å²) in [7, 11) is 0. The van der Waals surface area contributed by atoms with E-state index in [1.165, 1.54) is 0 Å². The van der Waals surface area contributed by atoms with Gasteiger partial charge in [0.1, 0.15) is 17.5 Å². The van der Waals surface area contributed by atoms with Crippen LogP contribution in [0.1, 0.15) is 23.6 Å². The number of nitrogens with zero attached hydrogens (tertiary/aromatic N) is 3. The molecule has 2 aromatic carbocycles. The standard InChI is InChI=1S/C19H17N3O2/c1-12(2)19(23)24-18-13(3)9-16(10-14(18)4)21-22-17-8-6-5-7-15(17)11-20/h5-10H,1H2,2-4H3. The number of carbonyl (C=O) groups is 1. The summed E-state index contributed by atoms with van der Waals surface area (Å²) in [4.78, 5) is 11.7. The first kappa shape index (κ1) is 17.1. The Balaban J connectivity index is 2.30. The molecule has 0 aliphatic rings. The molecule has 0 heterocycles. The van der Waals surface area contributed by atoms with Crippen molar-refractivity contribution in [3.05, 3.63) is 65.2 Å². The largest absolute Gasteiger partial charge is 0.423 e. The van der Waals surface area contributed by atoms with E-state index in [1.54, 1.807) is 43.3 Å². The third-order valence-electron chi connectivity index (χ3n) is 3.29. The second kappa shape index (κ2) is 7.34. The maximum absolute atomic E-state index is 11.7. The third-order valence-corrected chi connectivity index (χ3v) is 3.29. The second-order valence-corrected chi connectivity index (χ2v) is 5.41. The Morgan fingerprint density at radius 3 is 2.38 bits per heavy atom. The van der Waals surface area contributed by atoms with Crippen LogP contribution in [0.4, 0.5) is 11.4 Å². The van der Waals surface area contributed by atoms with Crippen molar-refractivity contribution in [3.63, 3.8) is 0 Å². The minimum Gasteiger partial charge on any atom is -0.423 e. The van der Waals surface area contributed by atoms with Gasteiger partial charge in [-0.15, -0.1) is 5.11 Å². The average molecular weight is 319 g/mol. The van der Waals surface area contributed by atoms with Crippen LogP contribution in [0, 0.1) is 25.2 Å². The van der Waals surface area contributed by atoms with Gasteiger partial charge in [0.2, 0.25) is 0 Å². The number of rotatable bonds is 4. The van der Waals surface area contributed by atoms with Gasteiger partial charge in [-0.2, -0.15) is 10.4 Å². The zero-order valence-electron chi connectivity index (χ0n) is 13.8. The van der Waals surface area contributed by atoms with Crippen molar-refractivity contribution in [2.75, 3.05) is 0 Å². The zero-order chi connectivity index (χ0) is 17.7. The molecule has 120 valence electrons. The van der Waals surface area contributed by atoms with Crippen LogP contribution < -0.4 is 4.74 Å². The topological polar surface area (TPSA) is 74.8 Å². The molecule has 2 rings (SSSR count). The molecule has 0 aliphatic heterocycles. The van der Waals surface area contributed by atoms with Gasteiger partial charge in [0.25, 0.3) is 0 Å². The van der Waals surface area contributed by atoms with Gasteiger partial charge in [0, 0.05) is 5.57 Å². The molecule has 24 heavy (non-hydrogen) atoms. The number of benzene rings is 2. The molecule has 5 nitrogen and oxygen atoms in total. The van der Waals surface area contributed by atoms with E-state index in [0.29, 0.717) is 28.3 Å². The lowest BCUT2D eigenvalue weighted by Gasteiger charge is -2.11. The Labute approximate surface area is 140 Å². The van der Waals surface area contributed by atoms with E-state index in [0.717, 1.165) is 11.1 Å². The van der Waals surface area contributed by atoms with Gasteiger partial charge >= 0.3 is 5.97 Å². The molecule has 0 bridgehead atoms. The SMILES string of the molecule is C=C(C)C(=O)Oc1c(C)cc(N=Nc2ccccc2C#N)cc1C. The van der Waals surface area contributed by atoms with E-state index in [-0.39, 0.29) is 0 Å². The van der Waals surface area contributed by atoms with Crippen LogP contribution in [-0.2, 0) is 4.79 Å². The average Bonchev–Trinajstić information content (AvgIpc) is 2.56. The van der Waals surface area contributed by atoms with Gasteiger partial charge in [-0.25, -0.2) is 4.79 Å². The highest BCUT2D eigenvalue weighted by atomic mass is 16.5. The molecule has 5 heteroatoms. The summed E-state index contributed by atoms with van der Waals surface area (Å²) in [6.45, 7) is 8.83. The predicted molar refractivity (Wildman–Crippen MR) is 91.7 cm³/mol. The van der Waals surface area contributed by atoms with Crippen LogP contribution in [0.15, 0.2) is 58.8 Å². The summed E-state index contributed by atoms with van der Waals surface area (Å²) in [5.41, 5.74) is 3.47. The number of carbonyl (C=O) groups excluding carboxylic acids is 1. The normalized spacial score (nSPS) is 10.4. The second-order valence-electron chi connectivity index (χ2n) is 5.41. The molecule has 0 fully saturated rings. The van der Waals surface area contributed by atoms with E-state index in [9.17, 15) is 4.79 Å². The van der Waals surface area contributed by atoms with Crippen molar-refractivity contribution in [1.82, 2.24) is 0 Å². The fraction of sp³-hybridized carbons (Fsp3) is 0.158. The van der Waals surface area contributed by atoms with E-state index in [1.807, 2.05) is 13.8 Å². The first-order valence-electron chi connectivity index (χ1n) is 7.32.